The van der Waals surface area contributed by atoms with E-state index in [1.54, 1.807) is 0 Å². The van der Waals surface area contributed by atoms with Gasteiger partial charge in [-0.2, -0.15) is 0 Å². The van der Waals surface area contributed by atoms with Crippen LogP contribution in [0, 0.1) is 0 Å². The molecule has 0 N–H and O–H groups in total. The summed E-state index contributed by atoms with van der Waals surface area (Å²) in [5.74, 6) is 0. The number of benzene rings is 3. The zero-order valence-corrected chi connectivity index (χ0v) is 15.4. The van der Waals surface area contributed by atoms with Crippen LogP contribution in [-0.2, 0) is 0 Å². The van der Waals surface area contributed by atoms with Gasteiger partial charge in [0.15, 0.2) is 0 Å². The van der Waals surface area contributed by atoms with E-state index in [2.05, 4.69) is 103 Å². The van der Waals surface area contributed by atoms with Gasteiger partial charge in [0.25, 0.3) is 0 Å². The van der Waals surface area contributed by atoms with Crippen LogP contribution >= 0.6 is 7.92 Å². The van der Waals surface area contributed by atoms with Crippen LogP contribution in [0.25, 0.3) is 0 Å². The van der Waals surface area contributed by atoms with Gasteiger partial charge in [0.1, 0.15) is 0 Å². The first kappa shape index (κ1) is 16.7. The number of hydrogen-bond donors (Lipinski definition) is 0. The lowest BCUT2D eigenvalue weighted by molar-refractivity contribution is 1.37. The van der Waals surface area contributed by atoms with Gasteiger partial charge < -0.3 is 0 Å². The molecule has 126 valence electrons. The van der Waals surface area contributed by atoms with E-state index < -0.39 is 7.92 Å². The molecule has 4 rings (SSSR count). The monoisotopic (exact) mass is 353 g/mol. The number of aliphatic imine (C=N–C) groups is 1. The molecule has 1 aliphatic carbocycles. The Balaban J connectivity index is 1.79. The molecule has 0 aliphatic heterocycles. The molecular weight excluding hydrogens is 333 g/mol. The summed E-state index contributed by atoms with van der Waals surface area (Å²) in [5.41, 5.74) is 2.31. The molecule has 0 aromatic heterocycles. The molecule has 0 saturated heterocycles. The highest BCUT2D eigenvalue weighted by Crippen LogP contribution is 2.36. The number of allylic oxidation sites excluding steroid dienone is 4. The number of hydrogen-bond acceptors (Lipinski definition) is 1. The van der Waals surface area contributed by atoms with Crippen LogP contribution in [-0.4, -0.2) is 6.21 Å². The van der Waals surface area contributed by atoms with E-state index in [1.165, 1.54) is 21.5 Å². The van der Waals surface area contributed by atoms with Crippen molar-refractivity contribution in [3.8, 4) is 0 Å². The quantitative estimate of drug-likeness (QED) is 0.450. The topological polar surface area (TPSA) is 12.4 Å². The van der Waals surface area contributed by atoms with Gasteiger partial charge in [-0.25, -0.2) is 0 Å². The van der Waals surface area contributed by atoms with E-state index in [9.17, 15) is 0 Å². The van der Waals surface area contributed by atoms with Crippen molar-refractivity contribution in [2.45, 2.75) is 6.42 Å². The van der Waals surface area contributed by atoms with E-state index in [-0.39, 0.29) is 0 Å². The first-order valence-corrected chi connectivity index (χ1v) is 10.1. The Labute approximate surface area is 156 Å². The molecule has 3 aromatic rings. The molecule has 0 bridgehead atoms. The predicted octanol–water partition coefficient (Wildman–Crippen LogP) is 5.03. The summed E-state index contributed by atoms with van der Waals surface area (Å²) in [7, 11) is -0.639. The van der Waals surface area contributed by atoms with Gasteiger partial charge in [0.05, 0.1) is 5.69 Å². The third kappa shape index (κ3) is 3.74. The zero-order chi connectivity index (χ0) is 17.6. The van der Waals surface area contributed by atoms with Crippen LogP contribution in [0.5, 0.6) is 0 Å². The largest absolute Gasteiger partial charge is 0.256 e. The second-order valence-electron chi connectivity index (χ2n) is 6.13. The summed E-state index contributed by atoms with van der Waals surface area (Å²) in [4.78, 5) is 4.84. The number of para-hydroxylation sites is 1. The standard InChI is InChI=1S/C24H20NP/c1-3-13-21(14-4-1)26(22-15-5-2-6-16-22)24-18-10-9-17-23(24)25-19-20-11-7-8-12-20/h1-11,13-19H,12H2. The molecule has 0 saturated carbocycles. The second-order valence-corrected chi connectivity index (χ2v) is 8.31. The van der Waals surface area contributed by atoms with Gasteiger partial charge in [-0.3, -0.25) is 4.99 Å². The van der Waals surface area contributed by atoms with Crippen molar-refractivity contribution in [2.75, 3.05) is 0 Å². The summed E-state index contributed by atoms with van der Waals surface area (Å²) < 4.78 is 0. The summed E-state index contributed by atoms with van der Waals surface area (Å²) in [6.07, 6.45) is 9.35. The first-order chi connectivity index (χ1) is 12.9. The van der Waals surface area contributed by atoms with Gasteiger partial charge in [-0.1, -0.05) is 97.1 Å². The molecular formula is C24H20NP. The zero-order valence-electron chi connectivity index (χ0n) is 14.5. The van der Waals surface area contributed by atoms with Crippen LogP contribution in [0.15, 0.2) is 114 Å². The maximum Gasteiger partial charge on any atom is 0.0713 e. The fraction of sp³-hybridized carbons (Fsp3) is 0.0417. The van der Waals surface area contributed by atoms with Crippen LogP contribution in [0.4, 0.5) is 5.69 Å². The highest BCUT2D eigenvalue weighted by Gasteiger charge is 2.18. The van der Waals surface area contributed by atoms with E-state index in [1.807, 2.05) is 6.21 Å². The first-order valence-electron chi connectivity index (χ1n) is 8.81. The van der Waals surface area contributed by atoms with E-state index in [0.717, 1.165) is 12.1 Å². The number of rotatable bonds is 5. The van der Waals surface area contributed by atoms with Gasteiger partial charge >= 0.3 is 0 Å². The van der Waals surface area contributed by atoms with Gasteiger partial charge in [-0.15, -0.1) is 0 Å². The SMILES string of the molecule is C1=CCC(C=Nc2ccccc2P(c2ccccc2)c2ccccc2)=C1. The molecule has 3 aromatic carbocycles. The predicted molar refractivity (Wildman–Crippen MR) is 115 cm³/mol. The minimum absolute atomic E-state index is 0.639. The minimum Gasteiger partial charge on any atom is -0.256 e. The maximum atomic E-state index is 4.84. The van der Waals surface area contributed by atoms with Crippen LogP contribution in [0.2, 0.25) is 0 Å². The Morgan fingerprint density at radius 3 is 1.96 bits per heavy atom. The van der Waals surface area contributed by atoms with Crippen molar-refractivity contribution in [1.82, 2.24) is 0 Å². The summed E-state index contributed by atoms with van der Waals surface area (Å²) in [6, 6.07) is 30.1. The molecule has 0 amide bonds. The van der Waals surface area contributed by atoms with Gasteiger partial charge in [0.2, 0.25) is 0 Å². The van der Waals surface area contributed by atoms with Crippen molar-refractivity contribution in [3.63, 3.8) is 0 Å². The normalized spacial score (nSPS) is 13.5. The van der Waals surface area contributed by atoms with Crippen molar-refractivity contribution < 1.29 is 0 Å². The van der Waals surface area contributed by atoms with E-state index in [0.29, 0.717) is 0 Å². The molecule has 1 aliphatic rings. The summed E-state index contributed by atoms with van der Waals surface area (Å²) in [6.45, 7) is 0. The Bertz CT molecular complexity index is 916. The third-order valence-electron chi connectivity index (χ3n) is 4.32. The highest BCUT2D eigenvalue weighted by molar-refractivity contribution is 7.80. The Morgan fingerprint density at radius 2 is 1.35 bits per heavy atom. The average molecular weight is 353 g/mol. The molecule has 0 unspecified atom stereocenters. The fourth-order valence-corrected chi connectivity index (χ4v) is 5.45. The van der Waals surface area contributed by atoms with E-state index >= 15 is 0 Å². The molecule has 0 atom stereocenters. The number of nitrogens with zero attached hydrogens (tertiary/aromatic N) is 1. The van der Waals surface area contributed by atoms with Crippen molar-refractivity contribution >= 4 is 35.7 Å². The van der Waals surface area contributed by atoms with Crippen molar-refractivity contribution in [2.24, 2.45) is 4.99 Å². The highest BCUT2D eigenvalue weighted by atomic mass is 31.1. The van der Waals surface area contributed by atoms with E-state index in [4.69, 9.17) is 4.99 Å². The third-order valence-corrected chi connectivity index (χ3v) is 6.81. The lowest BCUT2D eigenvalue weighted by Gasteiger charge is -2.20. The lowest BCUT2D eigenvalue weighted by atomic mass is 10.2. The summed E-state index contributed by atoms with van der Waals surface area (Å²) >= 11 is 0. The molecule has 0 fully saturated rings. The molecule has 1 nitrogen and oxygen atoms in total. The van der Waals surface area contributed by atoms with Crippen LogP contribution < -0.4 is 15.9 Å². The second kappa shape index (κ2) is 8.08. The summed E-state index contributed by atoms with van der Waals surface area (Å²) in [5, 5.41) is 3.99. The molecule has 0 radical (unpaired) electrons. The Hall–Kier alpha value is -2.76. The Morgan fingerprint density at radius 1 is 0.731 bits per heavy atom. The smallest absolute Gasteiger partial charge is 0.0713 e. The maximum absolute atomic E-state index is 4.84. The fourth-order valence-electron chi connectivity index (χ4n) is 3.06. The van der Waals surface area contributed by atoms with Gasteiger partial charge in [-0.05, 0) is 36.6 Å². The molecule has 0 heterocycles. The average Bonchev–Trinajstić information content (AvgIpc) is 3.23. The van der Waals surface area contributed by atoms with Crippen LogP contribution in [0.1, 0.15) is 6.42 Å². The Kier molecular flexibility index (Phi) is 5.19. The molecule has 26 heavy (non-hydrogen) atoms. The minimum atomic E-state index is -0.639. The lowest BCUT2D eigenvalue weighted by Crippen LogP contribution is -2.20. The van der Waals surface area contributed by atoms with Gasteiger partial charge in [0, 0.05) is 11.5 Å². The van der Waals surface area contributed by atoms with Crippen molar-refractivity contribution in [3.05, 3.63) is 109 Å². The molecule has 2 heteroatoms. The van der Waals surface area contributed by atoms with Crippen LogP contribution in [0.3, 0.4) is 0 Å². The van der Waals surface area contributed by atoms with Crippen molar-refractivity contribution in [1.29, 1.82) is 0 Å². The molecule has 0 spiro atoms.